The molecule has 0 saturated heterocycles. The van der Waals surface area contributed by atoms with Crippen molar-refractivity contribution in [1.82, 2.24) is 19.9 Å². The van der Waals surface area contributed by atoms with Gasteiger partial charge >= 0.3 is 0 Å². The van der Waals surface area contributed by atoms with Gasteiger partial charge in [-0.1, -0.05) is 17.4 Å². The number of fused-ring (bicyclic) bond motifs is 1. The number of nitrogens with one attached hydrogen (secondary N) is 2. The van der Waals surface area contributed by atoms with Crippen LogP contribution in [0.1, 0.15) is 5.56 Å². The lowest BCUT2D eigenvalue weighted by molar-refractivity contribution is 0.399. The van der Waals surface area contributed by atoms with E-state index in [1.807, 2.05) is 25.2 Å². The van der Waals surface area contributed by atoms with Crippen molar-refractivity contribution in [2.24, 2.45) is 0 Å². The molecule has 0 radical (unpaired) electrons. The van der Waals surface area contributed by atoms with Crippen LogP contribution < -0.4 is 15.4 Å². The van der Waals surface area contributed by atoms with E-state index in [9.17, 15) is 0 Å². The molecule has 0 amide bonds. The lowest BCUT2D eigenvalue weighted by atomic mass is 10.2. The van der Waals surface area contributed by atoms with Gasteiger partial charge in [0.2, 0.25) is 5.88 Å². The van der Waals surface area contributed by atoms with E-state index in [1.54, 1.807) is 37.0 Å². The van der Waals surface area contributed by atoms with Gasteiger partial charge in [0.05, 0.1) is 41.0 Å². The largest absolute Gasteiger partial charge is 0.481 e. The molecule has 136 valence electrons. The van der Waals surface area contributed by atoms with Crippen LogP contribution in [0.2, 0.25) is 0 Å². The molecule has 4 rings (SSSR count). The molecule has 3 aromatic heterocycles. The molecule has 0 spiro atoms. The summed E-state index contributed by atoms with van der Waals surface area (Å²) in [5.41, 5.74) is 3.67. The highest BCUT2D eigenvalue weighted by atomic mass is 32.1. The second-order valence-corrected chi connectivity index (χ2v) is 6.81. The second kappa shape index (κ2) is 7.55. The fourth-order valence-corrected chi connectivity index (χ4v) is 3.59. The highest BCUT2D eigenvalue weighted by Gasteiger charge is 2.09. The third-order valence-corrected chi connectivity index (χ3v) is 5.05. The average molecular weight is 378 g/mol. The van der Waals surface area contributed by atoms with E-state index in [0.717, 1.165) is 26.5 Å². The van der Waals surface area contributed by atoms with Crippen LogP contribution in [0.25, 0.3) is 21.5 Å². The molecule has 0 fully saturated rings. The molecule has 0 aliphatic heterocycles. The minimum Gasteiger partial charge on any atom is -0.481 e. The molecule has 0 unspecified atom stereocenters. The van der Waals surface area contributed by atoms with E-state index in [-0.39, 0.29) is 0 Å². The van der Waals surface area contributed by atoms with Gasteiger partial charge in [-0.2, -0.15) is 0 Å². The molecule has 0 aliphatic rings. The van der Waals surface area contributed by atoms with Crippen molar-refractivity contribution in [3.63, 3.8) is 0 Å². The molecule has 0 saturated carbocycles. The van der Waals surface area contributed by atoms with Gasteiger partial charge in [-0.05, 0) is 29.8 Å². The number of pyridine rings is 1. The van der Waals surface area contributed by atoms with E-state index in [4.69, 9.17) is 4.74 Å². The van der Waals surface area contributed by atoms with Gasteiger partial charge in [0.25, 0.3) is 0 Å². The molecule has 3 heterocycles. The molecule has 0 aliphatic carbocycles. The van der Waals surface area contributed by atoms with Crippen molar-refractivity contribution in [2.75, 3.05) is 24.8 Å². The summed E-state index contributed by atoms with van der Waals surface area (Å²) in [6.07, 6.45) is 5.09. The number of anilines is 2. The molecule has 0 atom stereocenters. The van der Waals surface area contributed by atoms with E-state index in [2.05, 4.69) is 42.7 Å². The molecule has 7 nitrogen and oxygen atoms in total. The number of hydrogen-bond acceptors (Lipinski definition) is 8. The van der Waals surface area contributed by atoms with Crippen LogP contribution in [0.5, 0.6) is 5.88 Å². The van der Waals surface area contributed by atoms with Crippen LogP contribution >= 0.6 is 11.3 Å². The fraction of sp³-hybridized carbons (Fsp3) is 0.158. The Kier molecular flexibility index (Phi) is 4.80. The molecule has 8 heteroatoms. The Morgan fingerprint density at radius 3 is 2.93 bits per heavy atom. The van der Waals surface area contributed by atoms with Crippen molar-refractivity contribution in [3.8, 4) is 17.1 Å². The molecule has 27 heavy (non-hydrogen) atoms. The molecule has 1 aromatic carbocycles. The van der Waals surface area contributed by atoms with Crippen LogP contribution in [-0.4, -0.2) is 34.1 Å². The number of aromatic nitrogens is 4. The smallest absolute Gasteiger partial charge is 0.222 e. The Morgan fingerprint density at radius 1 is 1.15 bits per heavy atom. The minimum absolute atomic E-state index is 0.528. The Labute approximate surface area is 160 Å². The number of thiazole rings is 1. The van der Waals surface area contributed by atoms with E-state index in [1.165, 1.54) is 0 Å². The number of benzene rings is 1. The highest BCUT2D eigenvalue weighted by molar-refractivity contribution is 7.22. The van der Waals surface area contributed by atoms with E-state index >= 15 is 0 Å². The maximum Gasteiger partial charge on any atom is 0.222 e. The van der Waals surface area contributed by atoms with Gasteiger partial charge in [0.1, 0.15) is 5.82 Å². The topological polar surface area (TPSA) is 84.9 Å². The summed E-state index contributed by atoms with van der Waals surface area (Å²) in [7, 11) is 3.47. The van der Waals surface area contributed by atoms with Crippen LogP contribution in [0.4, 0.5) is 10.9 Å². The van der Waals surface area contributed by atoms with Crippen LogP contribution in [0, 0.1) is 0 Å². The van der Waals surface area contributed by atoms with Gasteiger partial charge in [-0.15, -0.1) is 0 Å². The van der Waals surface area contributed by atoms with Gasteiger partial charge in [-0.3, -0.25) is 4.98 Å². The predicted molar refractivity (Wildman–Crippen MR) is 108 cm³/mol. The first-order valence-corrected chi connectivity index (χ1v) is 9.21. The summed E-state index contributed by atoms with van der Waals surface area (Å²) in [5, 5.41) is 7.33. The van der Waals surface area contributed by atoms with Crippen molar-refractivity contribution in [1.29, 1.82) is 0 Å². The highest BCUT2D eigenvalue weighted by Crippen LogP contribution is 2.27. The second-order valence-electron chi connectivity index (χ2n) is 5.77. The number of methoxy groups -OCH3 is 1. The van der Waals surface area contributed by atoms with E-state index < -0.39 is 0 Å². The van der Waals surface area contributed by atoms with Crippen molar-refractivity contribution in [2.45, 2.75) is 6.54 Å². The summed E-state index contributed by atoms with van der Waals surface area (Å²) >= 11 is 1.64. The molecule has 4 aromatic rings. The Hall–Kier alpha value is -3.26. The Balaban J connectivity index is 1.53. The number of rotatable bonds is 6. The predicted octanol–water partition coefficient (Wildman–Crippen LogP) is 3.81. The van der Waals surface area contributed by atoms with Crippen molar-refractivity contribution < 1.29 is 4.74 Å². The Morgan fingerprint density at radius 2 is 2.07 bits per heavy atom. The SMILES string of the molecule is CNc1nc2ccc(CNc3cncc(-c4cccnc4OC)n3)cc2s1. The van der Waals surface area contributed by atoms with Crippen LogP contribution in [0.3, 0.4) is 0 Å². The third-order valence-electron chi connectivity index (χ3n) is 4.02. The molecular weight excluding hydrogens is 360 g/mol. The van der Waals surface area contributed by atoms with Gasteiger partial charge in [-0.25, -0.2) is 15.0 Å². The first kappa shape index (κ1) is 17.2. The van der Waals surface area contributed by atoms with Gasteiger partial charge < -0.3 is 15.4 Å². The first-order valence-electron chi connectivity index (χ1n) is 8.39. The van der Waals surface area contributed by atoms with Crippen molar-refractivity contribution >= 4 is 32.5 Å². The summed E-state index contributed by atoms with van der Waals surface area (Å²) in [5.74, 6) is 1.22. The number of ether oxygens (including phenoxy) is 1. The summed E-state index contributed by atoms with van der Waals surface area (Å²) in [6, 6.07) is 10.0. The molecule has 0 bridgehead atoms. The monoisotopic (exact) mass is 378 g/mol. The Bertz CT molecular complexity index is 1080. The standard InChI is InChI=1S/C19H18N6OS/c1-20-19-25-14-6-5-12(8-16(14)27-19)9-23-17-11-21-10-15(24-17)13-4-3-7-22-18(13)26-2/h3-8,10-11H,9H2,1-2H3,(H,20,25)(H,23,24). The number of hydrogen-bond donors (Lipinski definition) is 2. The third kappa shape index (κ3) is 3.65. The molecule has 2 N–H and O–H groups in total. The summed E-state index contributed by atoms with van der Waals surface area (Å²) in [6.45, 7) is 0.644. The summed E-state index contributed by atoms with van der Waals surface area (Å²) < 4.78 is 6.46. The lowest BCUT2D eigenvalue weighted by Crippen LogP contribution is -2.03. The zero-order valence-electron chi connectivity index (χ0n) is 14.9. The first-order chi connectivity index (χ1) is 13.3. The van der Waals surface area contributed by atoms with Crippen molar-refractivity contribution in [3.05, 3.63) is 54.5 Å². The van der Waals surface area contributed by atoms with Gasteiger partial charge in [0.15, 0.2) is 5.13 Å². The zero-order valence-corrected chi connectivity index (χ0v) is 15.7. The summed E-state index contributed by atoms with van der Waals surface area (Å²) in [4.78, 5) is 17.6. The maximum absolute atomic E-state index is 5.31. The van der Waals surface area contributed by atoms with Gasteiger partial charge in [0, 0.05) is 19.8 Å². The van der Waals surface area contributed by atoms with E-state index in [0.29, 0.717) is 23.9 Å². The quantitative estimate of drug-likeness (QED) is 0.528. The fourth-order valence-electron chi connectivity index (χ4n) is 2.71. The maximum atomic E-state index is 5.31. The average Bonchev–Trinajstić information content (AvgIpc) is 3.15. The molecular formula is C19H18N6OS. The van der Waals surface area contributed by atoms with Crippen LogP contribution in [0.15, 0.2) is 48.9 Å². The zero-order chi connectivity index (χ0) is 18.6. The normalized spacial score (nSPS) is 10.7. The van der Waals surface area contributed by atoms with Crippen LogP contribution in [-0.2, 0) is 6.54 Å². The number of nitrogens with zero attached hydrogens (tertiary/aromatic N) is 4. The lowest BCUT2D eigenvalue weighted by Gasteiger charge is -2.09. The minimum atomic E-state index is 0.528.